The zero-order valence-electron chi connectivity index (χ0n) is 14.8. The molecule has 1 aromatic carbocycles. The topological polar surface area (TPSA) is 53.8 Å². The highest BCUT2D eigenvalue weighted by Crippen LogP contribution is 2.14. The molecule has 1 aliphatic heterocycles. The molecule has 25 heavy (non-hydrogen) atoms. The third-order valence-electron chi connectivity index (χ3n) is 4.84. The number of benzene rings is 1. The fourth-order valence-electron chi connectivity index (χ4n) is 3.06. The molecule has 5 heteroatoms. The van der Waals surface area contributed by atoms with Crippen LogP contribution in [-0.4, -0.2) is 47.8 Å². The summed E-state index contributed by atoms with van der Waals surface area (Å²) in [6, 6.07) is 9.52. The van der Waals surface area contributed by atoms with E-state index in [1.165, 1.54) is 5.56 Å². The molecule has 2 aromatic rings. The van der Waals surface area contributed by atoms with Crippen molar-refractivity contribution in [3.05, 3.63) is 59.0 Å². The molecule has 0 radical (unpaired) electrons. The van der Waals surface area contributed by atoms with Gasteiger partial charge < -0.3 is 14.2 Å². The second-order valence-electron chi connectivity index (χ2n) is 6.55. The fraction of sp³-hybridized carbons (Fsp3) is 0.400. The molecule has 1 aromatic heterocycles. The molecular formula is C20H24N2O3. The second-order valence-corrected chi connectivity index (χ2v) is 6.55. The summed E-state index contributed by atoms with van der Waals surface area (Å²) in [6.45, 7) is 6.40. The molecule has 1 saturated heterocycles. The molecule has 0 saturated carbocycles. The van der Waals surface area contributed by atoms with Gasteiger partial charge in [-0.3, -0.25) is 9.59 Å². The Hall–Kier alpha value is -2.56. The zero-order valence-corrected chi connectivity index (χ0v) is 14.8. The first-order chi connectivity index (χ1) is 12.0. The second kappa shape index (κ2) is 7.55. The monoisotopic (exact) mass is 340 g/mol. The minimum absolute atomic E-state index is 0.0470. The Morgan fingerprint density at radius 2 is 1.72 bits per heavy atom. The molecule has 0 atom stereocenters. The first-order valence-electron chi connectivity index (χ1n) is 8.71. The van der Waals surface area contributed by atoms with Crippen LogP contribution < -0.4 is 0 Å². The fourth-order valence-corrected chi connectivity index (χ4v) is 3.06. The van der Waals surface area contributed by atoms with Gasteiger partial charge in [-0.25, -0.2) is 0 Å². The average molecular weight is 340 g/mol. The predicted octanol–water partition coefficient (Wildman–Crippen LogP) is 2.81. The lowest BCUT2D eigenvalue weighted by Gasteiger charge is -2.35. The van der Waals surface area contributed by atoms with Crippen molar-refractivity contribution in [1.82, 2.24) is 9.80 Å². The van der Waals surface area contributed by atoms with Gasteiger partial charge in [-0.05, 0) is 49.2 Å². The third kappa shape index (κ3) is 4.10. The number of hydrogen-bond donors (Lipinski definition) is 0. The van der Waals surface area contributed by atoms with E-state index in [9.17, 15) is 9.59 Å². The van der Waals surface area contributed by atoms with Gasteiger partial charge in [0, 0.05) is 44.6 Å². The van der Waals surface area contributed by atoms with Crippen LogP contribution >= 0.6 is 0 Å². The normalized spacial score (nSPS) is 14.6. The highest BCUT2D eigenvalue weighted by atomic mass is 16.3. The Kier molecular flexibility index (Phi) is 5.22. The van der Waals surface area contributed by atoms with Gasteiger partial charge in [0.1, 0.15) is 5.76 Å². The number of nitrogens with zero attached hydrogens (tertiary/aromatic N) is 2. The van der Waals surface area contributed by atoms with Crippen LogP contribution in [0.4, 0.5) is 0 Å². The molecule has 2 amide bonds. The number of aryl methyl sites for hydroxylation is 3. The Morgan fingerprint density at radius 3 is 2.36 bits per heavy atom. The van der Waals surface area contributed by atoms with Crippen molar-refractivity contribution < 1.29 is 14.0 Å². The van der Waals surface area contributed by atoms with E-state index in [0.717, 1.165) is 16.9 Å². The summed E-state index contributed by atoms with van der Waals surface area (Å²) in [7, 11) is 0. The Labute approximate surface area is 148 Å². The number of carbonyl (C=O) groups is 2. The van der Waals surface area contributed by atoms with E-state index in [1.807, 2.05) is 54.0 Å². The van der Waals surface area contributed by atoms with E-state index < -0.39 is 0 Å². The highest BCUT2D eigenvalue weighted by Gasteiger charge is 2.24. The van der Waals surface area contributed by atoms with Crippen LogP contribution in [-0.2, 0) is 11.2 Å². The van der Waals surface area contributed by atoms with E-state index in [4.69, 9.17) is 4.42 Å². The van der Waals surface area contributed by atoms with Gasteiger partial charge >= 0.3 is 0 Å². The maximum absolute atomic E-state index is 12.6. The minimum Gasteiger partial charge on any atom is -0.469 e. The number of rotatable bonds is 4. The number of piperazine rings is 1. The molecule has 0 aliphatic carbocycles. The molecule has 1 fully saturated rings. The molecule has 0 unspecified atom stereocenters. The van der Waals surface area contributed by atoms with Crippen molar-refractivity contribution in [2.45, 2.75) is 26.7 Å². The van der Waals surface area contributed by atoms with E-state index in [-0.39, 0.29) is 11.8 Å². The molecule has 132 valence electrons. The third-order valence-corrected chi connectivity index (χ3v) is 4.84. The zero-order chi connectivity index (χ0) is 17.8. The summed E-state index contributed by atoms with van der Waals surface area (Å²) in [5, 5.41) is 0. The first-order valence-corrected chi connectivity index (χ1v) is 8.71. The van der Waals surface area contributed by atoms with E-state index in [0.29, 0.717) is 39.0 Å². The molecule has 3 rings (SSSR count). The van der Waals surface area contributed by atoms with Gasteiger partial charge in [-0.2, -0.15) is 0 Å². The van der Waals surface area contributed by atoms with Crippen molar-refractivity contribution >= 4 is 11.8 Å². The lowest BCUT2D eigenvalue weighted by Crippen LogP contribution is -2.50. The maximum Gasteiger partial charge on any atom is 0.253 e. The molecule has 1 aliphatic rings. The minimum atomic E-state index is 0.0470. The largest absolute Gasteiger partial charge is 0.469 e. The van der Waals surface area contributed by atoms with E-state index >= 15 is 0 Å². The lowest BCUT2D eigenvalue weighted by atomic mass is 10.1. The molecule has 2 heterocycles. The van der Waals surface area contributed by atoms with Gasteiger partial charge in [0.2, 0.25) is 5.91 Å². The van der Waals surface area contributed by atoms with Crippen LogP contribution in [0.2, 0.25) is 0 Å². The van der Waals surface area contributed by atoms with Crippen molar-refractivity contribution in [2.75, 3.05) is 26.2 Å². The number of furan rings is 1. The van der Waals surface area contributed by atoms with Gasteiger partial charge in [0.25, 0.3) is 5.91 Å². The molecule has 0 bridgehead atoms. The highest BCUT2D eigenvalue weighted by molar-refractivity contribution is 5.94. The van der Waals surface area contributed by atoms with E-state index in [2.05, 4.69) is 0 Å². The summed E-state index contributed by atoms with van der Waals surface area (Å²) in [5.41, 5.74) is 3.03. The summed E-state index contributed by atoms with van der Waals surface area (Å²) < 4.78 is 5.26. The quantitative estimate of drug-likeness (QED) is 0.860. The number of carbonyl (C=O) groups excluding carboxylic acids is 2. The molecular weight excluding hydrogens is 316 g/mol. The summed E-state index contributed by atoms with van der Waals surface area (Å²) in [5.74, 6) is 0.998. The smallest absolute Gasteiger partial charge is 0.253 e. The Balaban J connectivity index is 1.51. The van der Waals surface area contributed by atoms with Crippen LogP contribution in [0.5, 0.6) is 0 Å². The lowest BCUT2D eigenvalue weighted by molar-refractivity contribution is -0.132. The van der Waals surface area contributed by atoms with Crippen molar-refractivity contribution in [3.8, 4) is 0 Å². The van der Waals surface area contributed by atoms with Gasteiger partial charge in [0.15, 0.2) is 0 Å². The van der Waals surface area contributed by atoms with Crippen molar-refractivity contribution in [1.29, 1.82) is 0 Å². The first kappa shape index (κ1) is 17.3. The SMILES string of the molecule is Cc1ccc(C(=O)N2CCN(C(=O)CCc3ccco3)CC2)cc1C. The van der Waals surface area contributed by atoms with Crippen LogP contribution in [0, 0.1) is 13.8 Å². The standard InChI is InChI=1S/C20H24N2O3/c1-15-5-6-17(14-16(15)2)20(24)22-11-9-21(10-12-22)19(23)8-7-18-4-3-13-25-18/h3-6,13-14H,7-12H2,1-2H3. The van der Waals surface area contributed by atoms with Gasteiger partial charge in [0.05, 0.1) is 6.26 Å². The number of hydrogen-bond acceptors (Lipinski definition) is 3. The maximum atomic E-state index is 12.6. The van der Waals surface area contributed by atoms with Crippen LogP contribution in [0.25, 0.3) is 0 Å². The van der Waals surface area contributed by atoms with Crippen LogP contribution in [0.3, 0.4) is 0 Å². The van der Waals surface area contributed by atoms with Crippen molar-refractivity contribution in [3.63, 3.8) is 0 Å². The Bertz CT molecular complexity index is 744. The van der Waals surface area contributed by atoms with E-state index in [1.54, 1.807) is 6.26 Å². The summed E-state index contributed by atoms with van der Waals surface area (Å²) in [4.78, 5) is 28.6. The summed E-state index contributed by atoms with van der Waals surface area (Å²) in [6.07, 6.45) is 2.68. The molecule has 0 N–H and O–H groups in total. The molecule has 0 spiro atoms. The van der Waals surface area contributed by atoms with Crippen molar-refractivity contribution in [2.24, 2.45) is 0 Å². The average Bonchev–Trinajstić information content (AvgIpc) is 3.15. The van der Waals surface area contributed by atoms with Crippen LogP contribution in [0.15, 0.2) is 41.0 Å². The van der Waals surface area contributed by atoms with Gasteiger partial charge in [-0.1, -0.05) is 6.07 Å². The molecule has 5 nitrogen and oxygen atoms in total. The number of amides is 2. The summed E-state index contributed by atoms with van der Waals surface area (Å²) >= 11 is 0. The van der Waals surface area contributed by atoms with Crippen LogP contribution in [0.1, 0.15) is 33.7 Å². The van der Waals surface area contributed by atoms with Gasteiger partial charge in [-0.15, -0.1) is 0 Å². The predicted molar refractivity (Wildman–Crippen MR) is 95.4 cm³/mol. The Morgan fingerprint density at radius 1 is 1.00 bits per heavy atom.